The van der Waals surface area contributed by atoms with Crippen LogP contribution in [0.5, 0.6) is 0 Å². The zero-order valence-corrected chi connectivity index (χ0v) is 9.78. The van der Waals surface area contributed by atoms with Gasteiger partial charge in [-0.2, -0.15) is 0 Å². The molecule has 5 heteroatoms. The van der Waals surface area contributed by atoms with E-state index in [0.29, 0.717) is 0 Å². The minimum atomic E-state index is -1.05. The second-order valence-corrected chi connectivity index (χ2v) is 4.15. The van der Waals surface area contributed by atoms with E-state index in [0.717, 1.165) is 4.88 Å². The molecule has 0 aliphatic carbocycles. The maximum absolute atomic E-state index is 11.4. The molecule has 0 radical (unpaired) electrons. The molecule has 1 aromatic heterocycles. The predicted molar refractivity (Wildman–Crippen MR) is 61.1 cm³/mol. The third-order valence-corrected chi connectivity index (χ3v) is 2.92. The van der Waals surface area contributed by atoms with E-state index < -0.39 is 17.9 Å². The highest BCUT2D eigenvalue weighted by molar-refractivity contribution is 7.10. The van der Waals surface area contributed by atoms with Crippen LogP contribution < -0.4 is 0 Å². The van der Waals surface area contributed by atoms with E-state index in [1.54, 1.807) is 6.08 Å². The molecular weight excluding hydrogens is 228 g/mol. The maximum Gasteiger partial charge on any atom is 0.334 e. The van der Waals surface area contributed by atoms with Gasteiger partial charge in [-0.15, -0.1) is 11.3 Å². The van der Waals surface area contributed by atoms with Crippen molar-refractivity contribution >= 4 is 29.4 Å². The molecule has 0 bridgehead atoms. The lowest BCUT2D eigenvalue weighted by Crippen LogP contribution is -2.19. The Labute approximate surface area is 97.2 Å². The molecule has 1 atom stereocenters. The first-order valence-electron chi connectivity index (χ1n) is 4.62. The smallest absolute Gasteiger partial charge is 0.334 e. The lowest BCUT2D eigenvalue weighted by molar-refractivity contribution is -0.144. The van der Waals surface area contributed by atoms with Gasteiger partial charge >= 0.3 is 11.9 Å². The van der Waals surface area contributed by atoms with Crippen LogP contribution in [0.15, 0.2) is 23.1 Å². The number of thiophene rings is 1. The number of carbonyl (C=O) groups is 2. The summed E-state index contributed by atoms with van der Waals surface area (Å²) in [5.74, 6) is -2.54. The number of carbonyl (C=O) groups excluding carboxylic acids is 1. The molecule has 1 N–H and O–H groups in total. The van der Waals surface area contributed by atoms with Gasteiger partial charge in [0.05, 0.1) is 18.6 Å². The van der Waals surface area contributed by atoms with Gasteiger partial charge in [0, 0.05) is 4.88 Å². The fraction of sp³-hybridized carbons (Fsp3) is 0.273. The highest BCUT2D eigenvalue weighted by atomic mass is 32.1. The van der Waals surface area contributed by atoms with Crippen LogP contribution in [0.2, 0.25) is 0 Å². The third-order valence-electron chi connectivity index (χ3n) is 2.10. The lowest BCUT2D eigenvalue weighted by atomic mass is 10.0. The van der Waals surface area contributed by atoms with Gasteiger partial charge in [-0.1, -0.05) is 6.07 Å². The molecule has 0 aliphatic rings. The molecular formula is C11H12O4S. The summed E-state index contributed by atoms with van der Waals surface area (Å²) in [4.78, 5) is 23.1. The van der Waals surface area contributed by atoms with Crippen molar-refractivity contribution < 1.29 is 19.4 Å². The molecule has 0 fully saturated rings. The minimum Gasteiger partial charge on any atom is -0.481 e. The summed E-state index contributed by atoms with van der Waals surface area (Å²) in [6.45, 7) is 1.46. The van der Waals surface area contributed by atoms with E-state index in [2.05, 4.69) is 4.74 Å². The molecule has 86 valence electrons. The highest BCUT2D eigenvalue weighted by Gasteiger charge is 2.23. The monoisotopic (exact) mass is 240 g/mol. The van der Waals surface area contributed by atoms with Gasteiger partial charge in [-0.3, -0.25) is 4.79 Å². The Balaban J connectivity index is 3.05. The van der Waals surface area contributed by atoms with E-state index in [9.17, 15) is 9.59 Å². The molecule has 16 heavy (non-hydrogen) atoms. The minimum absolute atomic E-state index is 0.150. The molecule has 1 unspecified atom stereocenters. The SMILES string of the molecule is COC(=O)/C(=C/c1cccs1)C(C)C(=O)O. The normalized spacial score (nSPS) is 13.2. The van der Waals surface area contributed by atoms with Gasteiger partial charge in [0.2, 0.25) is 0 Å². The fourth-order valence-corrected chi connectivity index (χ4v) is 1.80. The van der Waals surface area contributed by atoms with Crippen LogP contribution >= 0.6 is 11.3 Å². The van der Waals surface area contributed by atoms with E-state index in [1.807, 2.05) is 17.5 Å². The number of carboxylic acids is 1. The molecule has 0 aromatic carbocycles. The molecule has 1 rings (SSSR count). The molecule has 0 amide bonds. The third kappa shape index (κ3) is 2.93. The van der Waals surface area contributed by atoms with Crippen LogP contribution in [0.4, 0.5) is 0 Å². The van der Waals surface area contributed by atoms with Crippen molar-refractivity contribution in [1.82, 2.24) is 0 Å². The van der Waals surface area contributed by atoms with Crippen LogP contribution in [0.1, 0.15) is 11.8 Å². The van der Waals surface area contributed by atoms with Crippen molar-refractivity contribution in [3.63, 3.8) is 0 Å². The second kappa shape index (κ2) is 5.46. The Morgan fingerprint density at radius 3 is 2.69 bits per heavy atom. The van der Waals surface area contributed by atoms with Gasteiger partial charge in [0.25, 0.3) is 0 Å². The Morgan fingerprint density at radius 1 is 1.56 bits per heavy atom. The molecule has 4 nitrogen and oxygen atoms in total. The standard InChI is InChI=1S/C11H12O4S/c1-7(10(12)13)9(11(14)15-2)6-8-4-3-5-16-8/h3-7H,1-2H3,(H,12,13)/b9-6+. The van der Waals surface area contributed by atoms with E-state index in [4.69, 9.17) is 5.11 Å². The summed E-state index contributed by atoms with van der Waals surface area (Å²) in [5.41, 5.74) is 0.150. The largest absolute Gasteiger partial charge is 0.481 e. The number of carboxylic acid groups (broad SMARTS) is 1. The van der Waals surface area contributed by atoms with Crippen LogP contribution in [-0.2, 0) is 14.3 Å². The van der Waals surface area contributed by atoms with Gasteiger partial charge in [0.1, 0.15) is 0 Å². The van der Waals surface area contributed by atoms with Crippen molar-refractivity contribution in [2.75, 3.05) is 7.11 Å². The summed E-state index contributed by atoms with van der Waals surface area (Å²) in [5, 5.41) is 10.7. The van der Waals surface area contributed by atoms with Gasteiger partial charge in [-0.25, -0.2) is 4.79 Å². The Bertz CT molecular complexity index is 406. The first kappa shape index (κ1) is 12.4. The summed E-state index contributed by atoms with van der Waals surface area (Å²) in [6, 6.07) is 3.64. The predicted octanol–water partition coefficient (Wildman–Crippen LogP) is 2.03. The Kier molecular flexibility index (Phi) is 4.25. The van der Waals surface area contributed by atoms with Crippen molar-refractivity contribution in [2.45, 2.75) is 6.92 Å². The zero-order valence-electron chi connectivity index (χ0n) is 8.97. The average molecular weight is 240 g/mol. The van der Waals surface area contributed by atoms with Crippen LogP contribution in [0, 0.1) is 5.92 Å². The number of methoxy groups -OCH3 is 1. The molecule has 0 aliphatic heterocycles. The first-order valence-corrected chi connectivity index (χ1v) is 5.50. The maximum atomic E-state index is 11.4. The van der Waals surface area contributed by atoms with Crippen LogP contribution in [0.25, 0.3) is 6.08 Å². The highest BCUT2D eigenvalue weighted by Crippen LogP contribution is 2.19. The fourth-order valence-electron chi connectivity index (χ4n) is 1.14. The van der Waals surface area contributed by atoms with Gasteiger partial charge in [-0.05, 0) is 24.4 Å². The van der Waals surface area contributed by atoms with Crippen LogP contribution in [0.3, 0.4) is 0 Å². The molecule has 0 saturated carbocycles. The number of rotatable bonds is 4. The topological polar surface area (TPSA) is 63.6 Å². The van der Waals surface area contributed by atoms with Gasteiger partial charge in [0.15, 0.2) is 0 Å². The van der Waals surface area contributed by atoms with Gasteiger partial charge < -0.3 is 9.84 Å². The molecule has 1 heterocycles. The van der Waals surface area contributed by atoms with E-state index >= 15 is 0 Å². The van der Waals surface area contributed by atoms with Crippen molar-refractivity contribution in [3.05, 3.63) is 28.0 Å². The van der Waals surface area contributed by atoms with E-state index in [1.165, 1.54) is 25.4 Å². The number of ether oxygens (including phenoxy) is 1. The van der Waals surface area contributed by atoms with Crippen LogP contribution in [-0.4, -0.2) is 24.2 Å². The second-order valence-electron chi connectivity index (χ2n) is 3.17. The molecule has 1 aromatic rings. The summed E-state index contributed by atoms with van der Waals surface area (Å²) < 4.78 is 4.57. The summed E-state index contributed by atoms with van der Waals surface area (Å²) >= 11 is 1.43. The quantitative estimate of drug-likeness (QED) is 0.646. The number of hydrogen-bond donors (Lipinski definition) is 1. The number of hydrogen-bond acceptors (Lipinski definition) is 4. The van der Waals surface area contributed by atoms with Crippen molar-refractivity contribution in [2.24, 2.45) is 5.92 Å². The molecule has 0 saturated heterocycles. The Morgan fingerprint density at radius 2 is 2.25 bits per heavy atom. The Hall–Kier alpha value is -1.62. The van der Waals surface area contributed by atoms with Crippen molar-refractivity contribution in [3.8, 4) is 0 Å². The number of esters is 1. The zero-order chi connectivity index (χ0) is 12.1. The molecule has 0 spiro atoms. The van der Waals surface area contributed by atoms with E-state index in [-0.39, 0.29) is 5.57 Å². The first-order chi connectivity index (χ1) is 7.56. The van der Waals surface area contributed by atoms with Crippen molar-refractivity contribution in [1.29, 1.82) is 0 Å². The lowest BCUT2D eigenvalue weighted by Gasteiger charge is -2.09. The number of aliphatic carboxylic acids is 1. The average Bonchev–Trinajstić information content (AvgIpc) is 2.76. The summed E-state index contributed by atoms with van der Waals surface area (Å²) in [7, 11) is 1.24. The summed E-state index contributed by atoms with van der Waals surface area (Å²) in [6.07, 6.45) is 1.55.